The second kappa shape index (κ2) is 26.5. The Kier molecular flexibility index (Phi) is 31.2. The monoisotopic (exact) mass is 698 g/mol. The number of piperidine rings is 3. The van der Waals surface area contributed by atoms with E-state index in [0.29, 0.717) is 19.3 Å². The number of hydrogen-bond donors (Lipinski definition) is 4. The Morgan fingerprint density at radius 2 is 1.05 bits per heavy atom. The molecule has 0 aromatic rings. The number of rotatable bonds is 5. The van der Waals surface area contributed by atoms with Crippen molar-refractivity contribution >= 4 is 23.9 Å². The van der Waals surface area contributed by atoms with Gasteiger partial charge in [-0.05, 0) is 23.9 Å². The van der Waals surface area contributed by atoms with Crippen LogP contribution in [-0.4, -0.2) is 88.6 Å². The molecule has 0 aromatic carbocycles. The van der Waals surface area contributed by atoms with Gasteiger partial charge in [-0.2, -0.15) is 0 Å². The van der Waals surface area contributed by atoms with Crippen LogP contribution in [0, 0.1) is 11.8 Å². The first-order valence-corrected chi connectivity index (χ1v) is 12.2. The van der Waals surface area contributed by atoms with Crippen LogP contribution in [0.2, 0.25) is 0 Å². The fraction of sp³-hybridized carbons (Fsp3) is 0.667. The third kappa shape index (κ3) is 17.7. The number of carbonyl (C=O) groups is 4. The van der Waals surface area contributed by atoms with Crippen molar-refractivity contribution in [3.8, 4) is 0 Å². The van der Waals surface area contributed by atoms with Crippen LogP contribution >= 0.6 is 0 Å². The van der Waals surface area contributed by atoms with Gasteiger partial charge in [-0.1, -0.05) is 68.9 Å². The van der Waals surface area contributed by atoms with Crippen LogP contribution in [0.4, 0.5) is 0 Å². The minimum absolute atomic E-state index is 0. The Balaban J connectivity index is -0.000000152. The van der Waals surface area contributed by atoms with Crippen LogP contribution in [0.3, 0.4) is 0 Å². The van der Waals surface area contributed by atoms with Crippen molar-refractivity contribution in [2.24, 2.45) is 11.8 Å². The van der Waals surface area contributed by atoms with Gasteiger partial charge < -0.3 is 63.6 Å². The first kappa shape index (κ1) is 49.5. The summed E-state index contributed by atoms with van der Waals surface area (Å²) in [5.74, 6) is -2.46. The Morgan fingerprint density at radius 1 is 0.643 bits per heavy atom. The fourth-order valence-corrected chi connectivity index (χ4v) is 4.48. The van der Waals surface area contributed by atoms with Crippen molar-refractivity contribution in [1.29, 1.82) is 0 Å². The Morgan fingerprint density at radius 3 is 1.38 bits per heavy atom. The largest absolute Gasteiger partial charge is 2.00 e. The van der Waals surface area contributed by atoms with Gasteiger partial charge in [-0.15, -0.1) is 26.2 Å². The van der Waals surface area contributed by atoms with Gasteiger partial charge in [0.15, 0.2) is 0 Å². The molecular weight excluding hydrogens is 654 g/mol. The van der Waals surface area contributed by atoms with Crippen molar-refractivity contribution in [2.75, 3.05) is 26.2 Å². The second-order valence-corrected chi connectivity index (χ2v) is 8.96. The molecule has 0 bridgehead atoms. The molecule has 3 atom stereocenters. The van der Waals surface area contributed by atoms with Crippen molar-refractivity contribution < 1.29 is 94.5 Å². The van der Waals surface area contributed by atoms with Crippen molar-refractivity contribution in [2.45, 2.75) is 63.1 Å². The van der Waals surface area contributed by atoms with Gasteiger partial charge >= 0.3 is 39.0 Å². The van der Waals surface area contributed by atoms with Crippen LogP contribution in [0.25, 0.3) is 21.3 Å². The average Bonchev–Trinajstić information content (AvgIpc) is 2.90. The van der Waals surface area contributed by atoms with Crippen molar-refractivity contribution in [3.63, 3.8) is 0 Å². The maximum Gasteiger partial charge on any atom is 2.00 e. The quantitative estimate of drug-likeness (QED) is 0.217. The van der Waals surface area contributed by atoms with Crippen LogP contribution in [0.15, 0.2) is 23.9 Å². The van der Waals surface area contributed by atoms with Gasteiger partial charge in [0.05, 0.1) is 0 Å². The molecule has 4 aliphatic rings. The zero-order chi connectivity index (χ0) is 26.5. The molecule has 0 amide bonds. The van der Waals surface area contributed by atoms with Crippen LogP contribution in [0.1, 0.15) is 44.9 Å². The van der Waals surface area contributed by atoms with E-state index in [2.05, 4.69) is 21.3 Å². The number of carboxylic acids is 4. The molecule has 4 heterocycles. The zero-order valence-electron chi connectivity index (χ0n) is 23.0. The smallest absolute Gasteiger partial charge is 0.664 e. The van der Waals surface area contributed by atoms with Gasteiger partial charge in [0.1, 0.15) is 0 Å². The molecule has 16 nitrogen and oxygen atoms in total. The normalized spacial score (nSPS) is 22.8. The first-order chi connectivity index (χ1) is 17.2. The number of nitrogens with zero attached hydrogens (tertiary/aromatic N) is 4. The molecule has 250 valence electrons. The van der Waals surface area contributed by atoms with E-state index in [-0.39, 0.29) is 60.6 Å². The summed E-state index contributed by atoms with van der Waals surface area (Å²) in [4.78, 5) is 41.6. The summed E-state index contributed by atoms with van der Waals surface area (Å²) >= 11 is 0. The first-order valence-electron chi connectivity index (χ1n) is 12.2. The maximum atomic E-state index is 10.4. The molecule has 0 aliphatic carbocycles. The molecular formula is C24H46N4Ni2O12+4. The van der Waals surface area contributed by atoms with Gasteiger partial charge in [-0.3, -0.25) is 14.4 Å². The van der Waals surface area contributed by atoms with E-state index < -0.39 is 42.0 Å². The molecule has 42 heavy (non-hydrogen) atoms. The third-order valence-corrected chi connectivity index (χ3v) is 6.48. The fourth-order valence-electron chi connectivity index (χ4n) is 4.48. The molecule has 0 spiro atoms. The number of hydrogen-bond acceptors (Lipinski definition) is 4. The van der Waals surface area contributed by atoms with Crippen LogP contribution in [0.5, 0.6) is 0 Å². The predicted octanol–water partition coefficient (Wildman–Crippen LogP) is -0.337. The van der Waals surface area contributed by atoms with E-state index >= 15 is 0 Å². The second-order valence-electron chi connectivity index (χ2n) is 8.96. The Hall–Kier alpha value is -2.13. The summed E-state index contributed by atoms with van der Waals surface area (Å²) in [5.41, 5.74) is -0.232. The van der Waals surface area contributed by atoms with E-state index in [1.807, 2.05) is 0 Å². The molecule has 18 heteroatoms. The van der Waals surface area contributed by atoms with Gasteiger partial charge in [-0.25, -0.2) is 4.79 Å². The summed E-state index contributed by atoms with van der Waals surface area (Å²) in [7, 11) is 0. The van der Waals surface area contributed by atoms with Gasteiger partial charge in [0, 0.05) is 6.04 Å². The summed E-state index contributed by atoms with van der Waals surface area (Å²) in [6.45, 7) is 4.49. The molecule has 0 radical (unpaired) electrons. The van der Waals surface area contributed by atoms with Gasteiger partial charge in [0.25, 0.3) is 17.9 Å². The molecule has 4 aliphatic heterocycles. The Labute approximate surface area is 264 Å². The minimum atomic E-state index is -1.22. The van der Waals surface area contributed by atoms with Crippen LogP contribution in [-0.2, 0) is 74.1 Å². The van der Waals surface area contributed by atoms with E-state index in [1.54, 1.807) is 0 Å². The number of carboxylic acid groups (broad SMARTS) is 4. The van der Waals surface area contributed by atoms with E-state index in [9.17, 15) is 19.2 Å². The topological polar surface area (TPSA) is 338 Å². The van der Waals surface area contributed by atoms with E-state index in [0.717, 1.165) is 38.0 Å². The van der Waals surface area contributed by atoms with Crippen molar-refractivity contribution in [3.05, 3.63) is 45.2 Å². The predicted molar refractivity (Wildman–Crippen MR) is 151 cm³/mol. The Bertz CT molecular complexity index is 802. The molecule has 0 aromatic heterocycles. The molecule has 0 saturated carbocycles. The SMILES string of the molecule is C1CC(C2CC[N-]CC2)CC[N-]1.O=C(O)C1=CC=CC(C(=O)O)[N-]1.O=C(O)C1CCCC(C(=O)O)[N-]1.[Ni+2].[Ni+2].[OH3+].[OH3+].[OH3+].[OH3+]. The summed E-state index contributed by atoms with van der Waals surface area (Å²) < 4.78 is 0. The molecule has 3 saturated heterocycles. The number of aliphatic carboxylic acids is 4. The molecule has 4 rings (SSSR count). The molecule has 3 fully saturated rings. The summed E-state index contributed by atoms with van der Waals surface area (Å²) in [5, 5.41) is 50.0. The summed E-state index contributed by atoms with van der Waals surface area (Å²) in [6.07, 6.45) is 10.9. The number of allylic oxidation sites excluding steroid dienone is 2. The van der Waals surface area contributed by atoms with E-state index in [4.69, 9.17) is 20.4 Å². The maximum absolute atomic E-state index is 10.4. The van der Waals surface area contributed by atoms with E-state index in [1.165, 1.54) is 43.9 Å². The van der Waals surface area contributed by atoms with Gasteiger partial charge in [0.2, 0.25) is 0 Å². The van der Waals surface area contributed by atoms with Crippen LogP contribution < -0.4 is 0 Å². The molecule has 16 N–H and O–H groups in total. The average molecular weight is 700 g/mol. The molecule has 3 unspecified atom stereocenters. The zero-order valence-corrected chi connectivity index (χ0v) is 25.0. The summed E-state index contributed by atoms with van der Waals surface area (Å²) in [6, 6.07) is -2.71. The standard InChI is InChI=1S/C10H18N2.C7H10NO4.C7H6NO4.2Ni.4H2O/c1-5-11-6-2-9(1)10-3-7-12-8-4-10;2*9-6(10)4-2-1-3-5(8-4)7(11)12;;;;;;/h9-10H,1-8H2;4-5H,1-3H2,(H,9,10)(H,11,12);1-4H,(H,9,10)(H,11,12);;;4*1H2/q-2;2*-1;2*+2;;;;/p+4. The minimum Gasteiger partial charge on any atom is -0.664 e. The van der Waals surface area contributed by atoms with Crippen molar-refractivity contribution in [1.82, 2.24) is 0 Å². The third-order valence-electron chi connectivity index (χ3n) is 6.48.